The van der Waals surface area contributed by atoms with Crippen LogP contribution < -0.4 is 5.32 Å². The summed E-state index contributed by atoms with van der Waals surface area (Å²) in [5.74, 6) is -3.03. The van der Waals surface area contributed by atoms with Gasteiger partial charge in [0.15, 0.2) is 11.6 Å². The highest BCUT2D eigenvalue weighted by atomic mass is 79.9. The van der Waals surface area contributed by atoms with Crippen molar-refractivity contribution < 1.29 is 18.6 Å². The Hall–Kier alpha value is -0.720. The van der Waals surface area contributed by atoms with Crippen molar-refractivity contribution in [1.29, 1.82) is 0 Å². The van der Waals surface area contributed by atoms with Gasteiger partial charge in [0.2, 0.25) is 5.82 Å². The summed E-state index contributed by atoms with van der Waals surface area (Å²) in [6.07, 6.45) is -0.528. The average molecular weight is 294 g/mol. The van der Waals surface area contributed by atoms with Crippen LogP contribution in [0, 0.1) is 11.6 Å². The maximum absolute atomic E-state index is 13.6. The minimum absolute atomic E-state index is 0.106. The molecule has 3 nitrogen and oxygen atoms in total. The van der Waals surface area contributed by atoms with Gasteiger partial charge in [-0.25, -0.2) is 4.39 Å². The van der Waals surface area contributed by atoms with Crippen LogP contribution in [0.5, 0.6) is 5.75 Å². The summed E-state index contributed by atoms with van der Waals surface area (Å²) < 4.78 is 32.3. The topological polar surface area (TPSA) is 41.5 Å². The van der Waals surface area contributed by atoms with Gasteiger partial charge in [-0.05, 0) is 22.0 Å². The first-order valence-electron chi connectivity index (χ1n) is 4.80. The van der Waals surface area contributed by atoms with E-state index in [1.54, 1.807) is 0 Å². The van der Waals surface area contributed by atoms with Gasteiger partial charge in [-0.15, -0.1) is 0 Å². The Bertz CT molecular complexity index is 408. The number of ether oxygens (including phenoxy) is 1. The number of rotatable bonds is 1. The van der Waals surface area contributed by atoms with E-state index < -0.39 is 23.5 Å². The summed E-state index contributed by atoms with van der Waals surface area (Å²) in [4.78, 5) is 0. The molecule has 1 heterocycles. The molecule has 0 spiro atoms. The van der Waals surface area contributed by atoms with Crippen molar-refractivity contribution >= 4 is 15.9 Å². The van der Waals surface area contributed by atoms with Gasteiger partial charge < -0.3 is 15.2 Å². The molecule has 1 unspecified atom stereocenters. The Morgan fingerprint density at radius 1 is 1.44 bits per heavy atom. The molecule has 0 saturated carbocycles. The van der Waals surface area contributed by atoms with E-state index in [-0.39, 0.29) is 10.0 Å². The smallest absolute Gasteiger partial charge is 0.201 e. The molecule has 0 amide bonds. The number of halogens is 3. The Labute approximate surface area is 99.5 Å². The number of phenolic OH excluding ortho intramolecular Hbond substituents is 1. The van der Waals surface area contributed by atoms with Crippen LogP contribution in [-0.2, 0) is 4.74 Å². The third-order valence-electron chi connectivity index (χ3n) is 2.44. The molecule has 2 N–H and O–H groups in total. The highest BCUT2D eigenvalue weighted by Gasteiger charge is 2.24. The van der Waals surface area contributed by atoms with E-state index in [4.69, 9.17) is 4.74 Å². The lowest BCUT2D eigenvalue weighted by Crippen LogP contribution is -2.33. The second kappa shape index (κ2) is 4.65. The number of hydrogen-bond donors (Lipinski definition) is 2. The number of phenols is 1. The molecule has 88 valence electrons. The van der Waals surface area contributed by atoms with Crippen molar-refractivity contribution in [2.45, 2.75) is 6.10 Å². The van der Waals surface area contributed by atoms with Crippen LogP contribution in [0.15, 0.2) is 10.5 Å². The summed E-state index contributed by atoms with van der Waals surface area (Å²) >= 11 is 2.97. The maximum atomic E-state index is 13.6. The molecule has 0 aliphatic carbocycles. The first-order valence-corrected chi connectivity index (χ1v) is 5.59. The van der Waals surface area contributed by atoms with Gasteiger partial charge in [0.1, 0.15) is 0 Å². The van der Waals surface area contributed by atoms with E-state index in [1.807, 2.05) is 0 Å². The van der Waals surface area contributed by atoms with Crippen molar-refractivity contribution in [3.63, 3.8) is 0 Å². The quantitative estimate of drug-likeness (QED) is 0.779. The summed E-state index contributed by atoms with van der Waals surface area (Å²) in [5.41, 5.74) is 0.106. The standard InChI is InChI=1S/C10H10BrF2NO2/c11-6-3-5(7-4-14-1-2-16-7)8(12)9(13)10(6)15/h3,7,14-15H,1-2,4H2. The number of nitrogens with one attached hydrogen (secondary N) is 1. The number of aromatic hydroxyl groups is 1. The molecule has 16 heavy (non-hydrogen) atoms. The Morgan fingerprint density at radius 2 is 2.19 bits per heavy atom. The molecule has 1 aromatic rings. The maximum Gasteiger partial charge on any atom is 0.201 e. The molecular weight excluding hydrogens is 284 g/mol. The van der Waals surface area contributed by atoms with Crippen LogP contribution >= 0.6 is 15.9 Å². The number of hydrogen-bond acceptors (Lipinski definition) is 3. The second-order valence-electron chi connectivity index (χ2n) is 3.49. The first-order chi connectivity index (χ1) is 7.61. The second-order valence-corrected chi connectivity index (χ2v) is 4.34. The van der Waals surface area contributed by atoms with Gasteiger partial charge in [0.25, 0.3) is 0 Å². The molecule has 1 fully saturated rings. The Balaban J connectivity index is 2.40. The normalized spacial score (nSPS) is 21.1. The average Bonchev–Trinajstić information content (AvgIpc) is 2.32. The number of benzene rings is 1. The van der Waals surface area contributed by atoms with Crippen molar-refractivity contribution in [2.24, 2.45) is 0 Å². The van der Waals surface area contributed by atoms with Gasteiger partial charge in [-0.2, -0.15) is 4.39 Å². The van der Waals surface area contributed by atoms with Gasteiger partial charge >= 0.3 is 0 Å². The van der Waals surface area contributed by atoms with Crippen LogP contribution in [-0.4, -0.2) is 24.8 Å². The summed E-state index contributed by atoms with van der Waals surface area (Å²) in [6, 6.07) is 1.34. The zero-order chi connectivity index (χ0) is 11.7. The molecule has 1 atom stereocenters. The van der Waals surface area contributed by atoms with E-state index >= 15 is 0 Å². The summed E-state index contributed by atoms with van der Waals surface area (Å²) in [6.45, 7) is 1.57. The lowest BCUT2D eigenvalue weighted by Gasteiger charge is -2.24. The molecule has 0 bridgehead atoms. The van der Waals surface area contributed by atoms with Crippen molar-refractivity contribution in [1.82, 2.24) is 5.32 Å². The monoisotopic (exact) mass is 293 g/mol. The minimum Gasteiger partial charge on any atom is -0.504 e. The number of morpholine rings is 1. The molecule has 0 radical (unpaired) electrons. The lowest BCUT2D eigenvalue weighted by atomic mass is 10.1. The van der Waals surface area contributed by atoms with Crippen molar-refractivity contribution in [3.8, 4) is 5.75 Å². The fourth-order valence-electron chi connectivity index (χ4n) is 1.60. The third-order valence-corrected chi connectivity index (χ3v) is 3.04. The lowest BCUT2D eigenvalue weighted by molar-refractivity contribution is 0.0250. The van der Waals surface area contributed by atoms with E-state index in [0.717, 1.165) is 0 Å². The van der Waals surface area contributed by atoms with Crippen LogP contribution in [0.4, 0.5) is 8.78 Å². The van der Waals surface area contributed by atoms with Crippen LogP contribution in [0.3, 0.4) is 0 Å². The van der Waals surface area contributed by atoms with Gasteiger partial charge in [0, 0.05) is 18.7 Å². The Kier molecular flexibility index (Phi) is 3.41. The molecular formula is C10H10BrF2NO2. The van der Waals surface area contributed by atoms with Crippen LogP contribution in [0.1, 0.15) is 11.7 Å². The van der Waals surface area contributed by atoms with E-state index in [1.165, 1.54) is 6.07 Å². The van der Waals surface area contributed by atoms with Crippen LogP contribution in [0.2, 0.25) is 0 Å². The van der Waals surface area contributed by atoms with Gasteiger partial charge in [-0.3, -0.25) is 0 Å². The predicted octanol–water partition coefficient (Wildman–Crippen LogP) is 2.09. The minimum atomic E-state index is -1.25. The SMILES string of the molecule is Oc1c(Br)cc(C2CNCCO2)c(F)c1F. The highest BCUT2D eigenvalue weighted by Crippen LogP contribution is 2.34. The molecule has 6 heteroatoms. The van der Waals surface area contributed by atoms with Gasteiger partial charge in [-0.1, -0.05) is 0 Å². The largest absolute Gasteiger partial charge is 0.504 e. The van der Waals surface area contributed by atoms with Gasteiger partial charge in [0.05, 0.1) is 17.2 Å². The fourth-order valence-corrected chi connectivity index (χ4v) is 2.02. The van der Waals surface area contributed by atoms with Crippen molar-refractivity contribution in [2.75, 3.05) is 19.7 Å². The zero-order valence-corrected chi connectivity index (χ0v) is 9.85. The molecule has 1 saturated heterocycles. The zero-order valence-electron chi connectivity index (χ0n) is 8.27. The third kappa shape index (κ3) is 2.05. The molecule has 1 aliphatic heterocycles. The van der Waals surface area contributed by atoms with E-state index in [2.05, 4.69) is 21.2 Å². The van der Waals surface area contributed by atoms with E-state index in [9.17, 15) is 13.9 Å². The highest BCUT2D eigenvalue weighted by molar-refractivity contribution is 9.10. The molecule has 0 aromatic heterocycles. The fraction of sp³-hybridized carbons (Fsp3) is 0.400. The van der Waals surface area contributed by atoms with Crippen LogP contribution in [0.25, 0.3) is 0 Å². The molecule has 2 rings (SSSR count). The molecule has 1 aliphatic rings. The Morgan fingerprint density at radius 3 is 2.81 bits per heavy atom. The predicted molar refractivity (Wildman–Crippen MR) is 57.3 cm³/mol. The van der Waals surface area contributed by atoms with Crippen molar-refractivity contribution in [3.05, 3.63) is 27.7 Å². The molecule has 1 aromatic carbocycles. The first kappa shape index (κ1) is 11.8. The van der Waals surface area contributed by atoms with E-state index in [0.29, 0.717) is 19.7 Å². The summed E-state index contributed by atoms with van der Waals surface area (Å²) in [7, 11) is 0. The summed E-state index contributed by atoms with van der Waals surface area (Å²) in [5, 5.41) is 12.2.